The van der Waals surface area contributed by atoms with E-state index in [1.165, 1.54) is 32.1 Å². The number of fused-ring (bicyclic) bond motifs is 5. The molecule has 5 nitrogen and oxygen atoms in total. The number of amides is 1. The van der Waals surface area contributed by atoms with E-state index in [0.717, 1.165) is 64.3 Å². The average Bonchev–Trinajstić information content (AvgIpc) is 3.22. The number of nitrogens with one attached hydrogen (secondary N) is 1. The van der Waals surface area contributed by atoms with Crippen LogP contribution in [0.1, 0.15) is 124 Å². The third-order valence-corrected chi connectivity index (χ3v) is 12.2. The van der Waals surface area contributed by atoms with Crippen LogP contribution in [-0.2, 0) is 4.79 Å². The standard InChI is InChI=1S/C32H57NO4/c1-5-6-7-8-9-10-17-33-29(37)14-11-21(2)24-12-13-25-30-26(20-28(36)32(24,25)4)31(3)16-15-23(34)18-22(31)19-27(30)35/h21-28,30,34-36H,5-20H2,1-4H3,(H,33,37)/t21-,22?,23-,24?,25+,26+,27-,28+,30?,31?,32+/m1/s1. The van der Waals surface area contributed by atoms with Gasteiger partial charge in [-0.15, -0.1) is 0 Å². The molecule has 4 rings (SSSR count). The molecule has 4 aliphatic rings. The highest BCUT2D eigenvalue weighted by molar-refractivity contribution is 5.75. The van der Waals surface area contributed by atoms with Crippen molar-refractivity contribution in [1.29, 1.82) is 0 Å². The van der Waals surface area contributed by atoms with Gasteiger partial charge in [-0.05, 0) is 104 Å². The van der Waals surface area contributed by atoms with Gasteiger partial charge in [-0.2, -0.15) is 0 Å². The van der Waals surface area contributed by atoms with Crippen LogP contribution >= 0.6 is 0 Å². The van der Waals surface area contributed by atoms with Crippen molar-refractivity contribution in [2.24, 2.45) is 46.3 Å². The van der Waals surface area contributed by atoms with Gasteiger partial charge in [0.05, 0.1) is 18.3 Å². The Balaban J connectivity index is 1.33. The maximum Gasteiger partial charge on any atom is 0.220 e. The monoisotopic (exact) mass is 519 g/mol. The quantitative estimate of drug-likeness (QED) is 0.258. The van der Waals surface area contributed by atoms with Crippen LogP contribution in [0.15, 0.2) is 0 Å². The molecule has 4 aliphatic carbocycles. The first kappa shape index (κ1) is 29.3. The fraction of sp³-hybridized carbons (Fsp3) is 0.969. The van der Waals surface area contributed by atoms with E-state index < -0.39 is 0 Å². The smallest absolute Gasteiger partial charge is 0.220 e. The SMILES string of the molecule is CCCCCCCCNC(=O)CC[C@@H](C)C1CC[C@H]2C3[C@H](O)CC4C[C@H](O)CCC4(C)[C@H]3C[C@H](O)[C@@]12C. The lowest BCUT2D eigenvalue weighted by atomic mass is 9.43. The predicted molar refractivity (Wildman–Crippen MR) is 149 cm³/mol. The van der Waals surface area contributed by atoms with Gasteiger partial charge in [-0.1, -0.05) is 59.8 Å². The van der Waals surface area contributed by atoms with Crippen LogP contribution in [0.4, 0.5) is 0 Å². The van der Waals surface area contributed by atoms with Crippen molar-refractivity contribution in [2.45, 2.75) is 142 Å². The molecule has 1 amide bonds. The Morgan fingerprint density at radius 1 is 0.946 bits per heavy atom. The average molecular weight is 520 g/mol. The van der Waals surface area contributed by atoms with E-state index in [0.29, 0.717) is 36.0 Å². The maximum atomic E-state index is 12.5. The van der Waals surface area contributed by atoms with Crippen LogP contribution in [0.5, 0.6) is 0 Å². The van der Waals surface area contributed by atoms with Crippen LogP contribution in [-0.4, -0.2) is 46.1 Å². The molecule has 0 radical (unpaired) electrons. The number of carbonyl (C=O) groups is 1. The fourth-order valence-corrected chi connectivity index (χ4v) is 9.91. The summed E-state index contributed by atoms with van der Waals surface area (Å²) in [6, 6.07) is 0. The maximum absolute atomic E-state index is 12.5. The van der Waals surface area contributed by atoms with Gasteiger partial charge in [0.25, 0.3) is 0 Å². The summed E-state index contributed by atoms with van der Waals surface area (Å²) in [5.74, 6) is 2.24. The Kier molecular flexibility index (Phi) is 9.71. The van der Waals surface area contributed by atoms with Crippen LogP contribution in [0.25, 0.3) is 0 Å². The molecule has 0 saturated heterocycles. The highest BCUT2D eigenvalue weighted by Crippen LogP contribution is 2.68. The van der Waals surface area contributed by atoms with Crippen molar-refractivity contribution in [3.8, 4) is 0 Å². The first-order chi connectivity index (χ1) is 17.6. The van der Waals surface area contributed by atoms with Crippen molar-refractivity contribution in [3.63, 3.8) is 0 Å². The number of hydrogen-bond acceptors (Lipinski definition) is 4. The van der Waals surface area contributed by atoms with Crippen molar-refractivity contribution in [2.75, 3.05) is 6.54 Å². The van der Waals surface area contributed by atoms with Crippen LogP contribution in [0.2, 0.25) is 0 Å². The number of rotatable bonds is 11. The molecular formula is C32H57NO4. The van der Waals surface area contributed by atoms with Gasteiger partial charge in [-0.25, -0.2) is 0 Å². The second-order valence-corrected chi connectivity index (χ2v) is 14.2. The highest BCUT2D eigenvalue weighted by Gasteiger charge is 2.65. The number of carbonyl (C=O) groups excluding carboxylic acids is 1. The number of aliphatic hydroxyl groups excluding tert-OH is 3. The molecule has 0 bridgehead atoms. The second-order valence-electron chi connectivity index (χ2n) is 14.2. The Morgan fingerprint density at radius 3 is 2.43 bits per heavy atom. The summed E-state index contributed by atoms with van der Waals surface area (Å²) in [4.78, 5) is 12.5. The topological polar surface area (TPSA) is 89.8 Å². The molecule has 0 spiro atoms. The Morgan fingerprint density at radius 2 is 1.68 bits per heavy atom. The number of aliphatic hydroxyl groups is 3. The minimum absolute atomic E-state index is 0.114. The fourth-order valence-electron chi connectivity index (χ4n) is 9.91. The lowest BCUT2D eigenvalue weighted by Crippen LogP contribution is -2.62. The van der Waals surface area contributed by atoms with E-state index in [1.807, 2.05) is 0 Å². The molecule has 0 aromatic rings. The molecule has 4 fully saturated rings. The summed E-state index contributed by atoms with van der Waals surface area (Å²) in [5.41, 5.74) is -0.0723. The third kappa shape index (κ3) is 5.80. The molecule has 5 heteroatoms. The summed E-state index contributed by atoms with van der Waals surface area (Å²) in [7, 11) is 0. The summed E-state index contributed by atoms with van der Waals surface area (Å²) < 4.78 is 0. The molecule has 37 heavy (non-hydrogen) atoms. The molecule has 214 valence electrons. The summed E-state index contributed by atoms with van der Waals surface area (Å²) in [6.45, 7) is 10.0. The van der Waals surface area contributed by atoms with Crippen LogP contribution in [0.3, 0.4) is 0 Å². The lowest BCUT2D eigenvalue weighted by Gasteiger charge is -2.63. The minimum Gasteiger partial charge on any atom is -0.393 e. The molecular weight excluding hydrogens is 462 g/mol. The number of unbranched alkanes of at least 4 members (excludes halogenated alkanes) is 5. The van der Waals surface area contributed by atoms with Crippen molar-refractivity contribution < 1.29 is 20.1 Å². The largest absolute Gasteiger partial charge is 0.393 e. The van der Waals surface area contributed by atoms with Crippen molar-refractivity contribution in [1.82, 2.24) is 5.32 Å². The highest BCUT2D eigenvalue weighted by atomic mass is 16.3. The Bertz CT molecular complexity index is 759. The normalized spacial score (nSPS) is 44.0. The van der Waals surface area contributed by atoms with Crippen molar-refractivity contribution >= 4 is 5.91 Å². The van der Waals surface area contributed by atoms with E-state index in [9.17, 15) is 20.1 Å². The van der Waals surface area contributed by atoms with Crippen LogP contribution < -0.4 is 5.32 Å². The zero-order valence-corrected chi connectivity index (χ0v) is 24.3. The van der Waals surface area contributed by atoms with Gasteiger partial charge >= 0.3 is 0 Å². The van der Waals surface area contributed by atoms with E-state index in [1.54, 1.807) is 0 Å². The van der Waals surface area contributed by atoms with E-state index in [2.05, 4.69) is 33.0 Å². The van der Waals surface area contributed by atoms with Gasteiger partial charge in [0.2, 0.25) is 5.91 Å². The van der Waals surface area contributed by atoms with Gasteiger partial charge in [-0.3, -0.25) is 4.79 Å². The molecule has 4 saturated carbocycles. The van der Waals surface area contributed by atoms with E-state index in [-0.39, 0.29) is 41.0 Å². The Hall–Kier alpha value is -0.650. The molecule has 0 heterocycles. The molecule has 0 aromatic heterocycles. The second kappa shape index (κ2) is 12.3. The Labute approximate surface area is 226 Å². The first-order valence-electron chi connectivity index (χ1n) is 15.9. The van der Waals surface area contributed by atoms with E-state index in [4.69, 9.17) is 0 Å². The first-order valence-corrected chi connectivity index (χ1v) is 15.9. The van der Waals surface area contributed by atoms with Crippen molar-refractivity contribution in [3.05, 3.63) is 0 Å². The summed E-state index contributed by atoms with van der Waals surface area (Å²) >= 11 is 0. The van der Waals surface area contributed by atoms with Gasteiger partial charge in [0.1, 0.15) is 0 Å². The number of hydrogen-bond donors (Lipinski definition) is 4. The lowest BCUT2D eigenvalue weighted by molar-refractivity contribution is -0.207. The van der Waals surface area contributed by atoms with E-state index >= 15 is 0 Å². The van der Waals surface area contributed by atoms with Gasteiger partial charge < -0.3 is 20.6 Å². The van der Waals surface area contributed by atoms with Gasteiger partial charge in [0.15, 0.2) is 0 Å². The zero-order valence-electron chi connectivity index (χ0n) is 24.3. The predicted octanol–water partition coefficient (Wildman–Crippen LogP) is 5.84. The molecule has 0 aliphatic heterocycles. The minimum atomic E-state index is -0.357. The zero-order chi connectivity index (χ0) is 26.8. The third-order valence-electron chi connectivity index (χ3n) is 12.2. The van der Waals surface area contributed by atoms with Gasteiger partial charge in [0, 0.05) is 13.0 Å². The molecule has 4 N–H and O–H groups in total. The summed E-state index contributed by atoms with van der Waals surface area (Å²) in [6.07, 6.45) is 14.3. The molecule has 0 aromatic carbocycles. The van der Waals surface area contributed by atoms with Crippen LogP contribution in [0, 0.1) is 46.3 Å². The molecule has 11 atom stereocenters. The summed E-state index contributed by atoms with van der Waals surface area (Å²) in [5, 5.41) is 36.6. The molecule has 4 unspecified atom stereocenters.